The van der Waals surface area contributed by atoms with Crippen LogP contribution in [0, 0.1) is 0 Å². The van der Waals surface area contributed by atoms with E-state index in [0.717, 1.165) is 56.6 Å². The van der Waals surface area contributed by atoms with Crippen molar-refractivity contribution in [2.24, 2.45) is 0 Å². The minimum absolute atomic E-state index is 0.156. The third kappa shape index (κ3) is 3.19. The summed E-state index contributed by atoms with van der Waals surface area (Å²) >= 11 is 0. The second-order valence-corrected chi connectivity index (χ2v) is 8.25. The lowest BCUT2D eigenvalue weighted by atomic mass is 9.79. The Morgan fingerprint density at radius 1 is 1.24 bits per heavy atom. The van der Waals surface area contributed by atoms with E-state index in [9.17, 15) is 4.79 Å². The van der Waals surface area contributed by atoms with Gasteiger partial charge < -0.3 is 14.4 Å². The Bertz CT molecular complexity index is 903. The van der Waals surface area contributed by atoms with Crippen molar-refractivity contribution in [3.05, 3.63) is 35.2 Å². The van der Waals surface area contributed by atoms with Gasteiger partial charge in [0, 0.05) is 19.6 Å². The molecule has 1 saturated heterocycles. The maximum Gasteiger partial charge on any atom is 0.233 e. The lowest BCUT2D eigenvalue weighted by Gasteiger charge is -2.45. The number of tetrazole rings is 1. The number of likely N-dealkylation sites (tertiary alicyclic amines) is 1. The van der Waals surface area contributed by atoms with Gasteiger partial charge in [-0.3, -0.25) is 4.79 Å². The van der Waals surface area contributed by atoms with E-state index >= 15 is 0 Å². The summed E-state index contributed by atoms with van der Waals surface area (Å²) in [6, 6.07) is 6.28. The van der Waals surface area contributed by atoms with Crippen LogP contribution in [0.15, 0.2) is 18.2 Å². The Labute approximate surface area is 170 Å². The molecule has 5 rings (SSSR count). The van der Waals surface area contributed by atoms with Crippen LogP contribution in [0.2, 0.25) is 0 Å². The van der Waals surface area contributed by atoms with Crippen LogP contribution < -0.4 is 4.74 Å². The maximum absolute atomic E-state index is 13.3. The lowest BCUT2D eigenvalue weighted by molar-refractivity contribution is -0.142. The maximum atomic E-state index is 13.3. The molecule has 0 aliphatic carbocycles. The molecule has 1 unspecified atom stereocenters. The number of aromatic nitrogens is 4. The summed E-state index contributed by atoms with van der Waals surface area (Å²) in [5.74, 6) is 1.53. The van der Waals surface area contributed by atoms with Gasteiger partial charge >= 0.3 is 0 Å². The molecule has 4 heterocycles. The Hall–Kier alpha value is -2.48. The molecular weight excluding hydrogens is 370 g/mol. The average Bonchev–Trinajstić information content (AvgIpc) is 3.13. The van der Waals surface area contributed by atoms with E-state index in [0.29, 0.717) is 19.7 Å². The molecule has 8 heteroatoms. The van der Waals surface area contributed by atoms with Gasteiger partial charge in [0.05, 0.1) is 25.2 Å². The fourth-order valence-corrected chi connectivity index (χ4v) is 5.10. The molecule has 154 valence electrons. The van der Waals surface area contributed by atoms with Gasteiger partial charge in [-0.1, -0.05) is 12.5 Å². The van der Waals surface area contributed by atoms with Crippen LogP contribution in [0.5, 0.6) is 5.75 Å². The largest absolute Gasteiger partial charge is 0.497 e. The number of hydrogen-bond donors (Lipinski definition) is 0. The van der Waals surface area contributed by atoms with Crippen molar-refractivity contribution in [3.63, 3.8) is 0 Å². The topological polar surface area (TPSA) is 82.4 Å². The zero-order valence-electron chi connectivity index (χ0n) is 16.8. The number of nitrogens with zero attached hydrogens (tertiary/aromatic N) is 5. The number of rotatable bonds is 2. The van der Waals surface area contributed by atoms with Crippen LogP contribution in [0.1, 0.15) is 55.0 Å². The van der Waals surface area contributed by atoms with E-state index in [1.54, 1.807) is 11.8 Å². The van der Waals surface area contributed by atoms with Crippen molar-refractivity contribution in [3.8, 4) is 5.75 Å². The Balaban J connectivity index is 1.33. The zero-order valence-corrected chi connectivity index (χ0v) is 16.8. The van der Waals surface area contributed by atoms with Crippen molar-refractivity contribution in [2.75, 3.05) is 26.8 Å². The molecule has 1 amide bonds. The molecule has 0 radical (unpaired) electrons. The van der Waals surface area contributed by atoms with Crippen LogP contribution >= 0.6 is 0 Å². The van der Waals surface area contributed by atoms with E-state index in [4.69, 9.17) is 9.47 Å². The summed E-state index contributed by atoms with van der Waals surface area (Å²) in [5, 5.41) is 12.0. The monoisotopic (exact) mass is 397 g/mol. The van der Waals surface area contributed by atoms with Gasteiger partial charge in [-0.15, -0.1) is 5.10 Å². The van der Waals surface area contributed by atoms with E-state index < -0.39 is 0 Å². The van der Waals surface area contributed by atoms with Gasteiger partial charge in [0.15, 0.2) is 5.82 Å². The number of hydrogen-bond acceptors (Lipinski definition) is 6. The lowest BCUT2D eigenvalue weighted by Crippen LogP contribution is -2.49. The summed E-state index contributed by atoms with van der Waals surface area (Å²) in [6.07, 6.45) is 5.38. The van der Waals surface area contributed by atoms with Gasteiger partial charge in [0.1, 0.15) is 5.75 Å². The zero-order chi connectivity index (χ0) is 19.8. The molecule has 3 aliphatic heterocycles. The van der Waals surface area contributed by atoms with E-state index in [1.165, 1.54) is 11.1 Å². The second-order valence-electron chi connectivity index (χ2n) is 8.25. The smallest absolute Gasteiger partial charge is 0.233 e. The molecule has 1 atom stereocenters. The van der Waals surface area contributed by atoms with Crippen LogP contribution in [0.4, 0.5) is 0 Å². The molecule has 1 fully saturated rings. The second kappa shape index (κ2) is 7.40. The number of benzene rings is 1. The molecule has 0 N–H and O–H groups in total. The van der Waals surface area contributed by atoms with Gasteiger partial charge in [-0.05, 0) is 65.8 Å². The van der Waals surface area contributed by atoms with Crippen molar-refractivity contribution < 1.29 is 14.3 Å². The summed E-state index contributed by atoms with van der Waals surface area (Å²) in [5.41, 5.74) is 2.27. The van der Waals surface area contributed by atoms with E-state index in [1.807, 2.05) is 11.0 Å². The van der Waals surface area contributed by atoms with Crippen LogP contribution in [-0.2, 0) is 28.1 Å². The molecule has 0 saturated carbocycles. The Morgan fingerprint density at radius 3 is 2.93 bits per heavy atom. The van der Waals surface area contributed by atoms with E-state index in [-0.39, 0.29) is 17.4 Å². The number of ether oxygens (including phenoxy) is 2. The van der Waals surface area contributed by atoms with E-state index in [2.05, 4.69) is 27.7 Å². The first-order valence-electron chi connectivity index (χ1n) is 10.6. The summed E-state index contributed by atoms with van der Waals surface area (Å²) in [4.78, 5) is 15.3. The Morgan fingerprint density at radius 2 is 2.10 bits per heavy atom. The summed E-state index contributed by atoms with van der Waals surface area (Å²) in [7, 11) is 1.70. The molecule has 0 bridgehead atoms. The predicted octanol–water partition coefficient (Wildman–Crippen LogP) is 2.04. The standard InChI is InChI=1S/C21H27N5O3/c1-28-16-5-6-18-15(14-16)7-13-29-21(18)8-11-25(12-9-21)20(27)17-4-2-3-10-26-19(17)22-23-24-26/h5-6,14,17H,2-4,7-13H2,1H3. The molecule has 1 spiro atoms. The number of piperidine rings is 1. The fourth-order valence-electron chi connectivity index (χ4n) is 5.10. The van der Waals surface area contributed by atoms with Crippen molar-refractivity contribution in [1.82, 2.24) is 25.1 Å². The molecule has 29 heavy (non-hydrogen) atoms. The first kappa shape index (κ1) is 18.5. The number of aryl methyl sites for hydroxylation is 1. The van der Waals surface area contributed by atoms with Crippen molar-refractivity contribution >= 4 is 5.91 Å². The molecule has 3 aliphatic rings. The third-order valence-corrected chi connectivity index (χ3v) is 6.72. The third-order valence-electron chi connectivity index (χ3n) is 6.72. The quantitative estimate of drug-likeness (QED) is 0.771. The SMILES string of the molecule is COc1ccc2c(c1)CCOC21CCN(C(=O)C2CCCCn3nnnc32)CC1. The number of methoxy groups -OCH3 is 1. The summed E-state index contributed by atoms with van der Waals surface area (Å²) in [6.45, 7) is 2.90. The summed E-state index contributed by atoms with van der Waals surface area (Å²) < 4.78 is 13.5. The predicted molar refractivity (Wildman–Crippen MR) is 105 cm³/mol. The highest BCUT2D eigenvalue weighted by molar-refractivity contribution is 5.83. The van der Waals surface area contributed by atoms with Gasteiger partial charge in [-0.2, -0.15) is 0 Å². The molecule has 1 aromatic heterocycles. The van der Waals surface area contributed by atoms with Crippen LogP contribution in [0.25, 0.3) is 0 Å². The van der Waals surface area contributed by atoms with Crippen LogP contribution in [-0.4, -0.2) is 57.8 Å². The van der Waals surface area contributed by atoms with Gasteiger partial charge in [-0.25, -0.2) is 4.68 Å². The first-order valence-corrected chi connectivity index (χ1v) is 10.6. The van der Waals surface area contributed by atoms with Crippen LogP contribution in [0.3, 0.4) is 0 Å². The molecule has 2 aromatic rings. The van der Waals surface area contributed by atoms with Gasteiger partial charge in [0.25, 0.3) is 0 Å². The average molecular weight is 397 g/mol. The highest BCUT2D eigenvalue weighted by Gasteiger charge is 2.43. The Kier molecular flexibility index (Phi) is 4.73. The van der Waals surface area contributed by atoms with Crippen molar-refractivity contribution in [1.29, 1.82) is 0 Å². The molecular formula is C21H27N5O3. The minimum Gasteiger partial charge on any atom is -0.497 e. The normalized spacial score (nSPS) is 23.2. The molecule has 8 nitrogen and oxygen atoms in total. The fraction of sp³-hybridized carbons (Fsp3) is 0.619. The minimum atomic E-state index is -0.290. The molecule has 1 aromatic carbocycles. The van der Waals surface area contributed by atoms with Crippen molar-refractivity contribution in [2.45, 2.75) is 56.6 Å². The number of fused-ring (bicyclic) bond motifs is 3. The van der Waals surface area contributed by atoms with Gasteiger partial charge in [0.2, 0.25) is 5.91 Å². The first-order chi connectivity index (χ1) is 14.2. The highest BCUT2D eigenvalue weighted by Crippen LogP contribution is 2.43. The number of carbonyl (C=O) groups is 1. The number of carbonyl (C=O) groups excluding carboxylic acids is 1. The number of amides is 1. The highest BCUT2D eigenvalue weighted by atomic mass is 16.5.